The molecule has 0 rings (SSSR count). The van der Waals surface area contributed by atoms with Gasteiger partial charge in [-0.1, -0.05) is 0 Å². The van der Waals surface area contributed by atoms with Crippen molar-refractivity contribution in [2.45, 2.75) is 6.92 Å². The van der Waals surface area contributed by atoms with E-state index in [0.29, 0.717) is 0 Å². The summed E-state index contributed by atoms with van der Waals surface area (Å²) in [6, 6.07) is 0. The topological polar surface area (TPSA) is 63.3 Å². The average Bonchev–Trinajstić information content (AvgIpc) is 1.65. The van der Waals surface area contributed by atoms with Crippen LogP contribution in [0.1, 0.15) is 6.92 Å². The second-order valence-corrected chi connectivity index (χ2v) is 1.15. The van der Waals surface area contributed by atoms with E-state index in [2.05, 4.69) is 0 Å². The lowest BCUT2D eigenvalue weighted by Crippen LogP contribution is -1.98. The van der Waals surface area contributed by atoms with Crippen LogP contribution in [0.15, 0.2) is 11.8 Å². The van der Waals surface area contributed by atoms with E-state index in [-0.39, 0.29) is 5.57 Å². The van der Waals surface area contributed by atoms with Crippen molar-refractivity contribution >= 4 is 5.97 Å². The third-order valence-corrected chi connectivity index (χ3v) is 0.587. The first-order valence-corrected chi connectivity index (χ1v) is 1.80. The van der Waals surface area contributed by atoms with Crippen LogP contribution in [0.3, 0.4) is 0 Å². The molecule has 0 unspecified atom stereocenters. The molecule has 3 heteroatoms. The summed E-state index contributed by atoms with van der Waals surface area (Å²) < 4.78 is 0. The van der Waals surface area contributed by atoms with E-state index in [1.165, 1.54) is 6.92 Å². The van der Waals surface area contributed by atoms with E-state index in [0.717, 1.165) is 6.20 Å². The zero-order chi connectivity index (χ0) is 5.86. The minimum atomic E-state index is -0.970. The normalized spacial score (nSPS) is 11.3. The minimum Gasteiger partial charge on any atom is -0.478 e. The molecule has 0 radical (unpaired) electrons. The molecule has 7 heavy (non-hydrogen) atoms. The summed E-state index contributed by atoms with van der Waals surface area (Å²) in [6.07, 6.45) is 1.06. The van der Waals surface area contributed by atoms with E-state index in [1.807, 2.05) is 0 Å². The van der Waals surface area contributed by atoms with Crippen molar-refractivity contribution in [1.29, 1.82) is 0 Å². The molecule has 0 aliphatic heterocycles. The van der Waals surface area contributed by atoms with E-state index in [4.69, 9.17) is 10.8 Å². The molecule has 3 N–H and O–H groups in total. The highest BCUT2D eigenvalue weighted by Crippen LogP contribution is 1.84. The first-order chi connectivity index (χ1) is 3.18. The third kappa shape index (κ3) is 1.81. The van der Waals surface area contributed by atoms with Gasteiger partial charge in [-0.3, -0.25) is 0 Å². The van der Waals surface area contributed by atoms with Crippen LogP contribution < -0.4 is 5.73 Å². The maximum Gasteiger partial charge on any atom is 0.332 e. The second-order valence-electron chi connectivity index (χ2n) is 1.15. The van der Waals surface area contributed by atoms with Gasteiger partial charge in [0.2, 0.25) is 0 Å². The number of nitrogens with two attached hydrogens (primary N) is 1. The number of hydrogen-bond donors (Lipinski definition) is 2. The Morgan fingerprint density at radius 3 is 2.29 bits per heavy atom. The largest absolute Gasteiger partial charge is 0.478 e. The molecule has 3 nitrogen and oxygen atoms in total. The Hall–Kier alpha value is -0.990. The second kappa shape index (κ2) is 2.23. The summed E-state index contributed by atoms with van der Waals surface area (Å²) in [4.78, 5) is 9.78. The molecule has 0 fully saturated rings. The van der Waals surface area contributed by atoms with Gasteiger partial charge in [-0.05, 0) is 6.92 Å². The smallest absolute Gasteiger partial charge is 0.332 e. The fourth-order valence-corrected chi connectivity index (χ4v) is 0.0713. The number of hydrogen-bond acceptors (Lipinski definition) is 2. The van der Waals surface area contributed by atoms with Gasteiger partial charge in [0, 0.05) is 11.8 Å². The lowest BCUT2D eigenvalue weighted by molar-refractivity contribution is -0.132. The van der Waals surface area contributed by atoms with Crippen molar-refractivity contribution in [3.8, 4) is 0 Å². The van der Waals surface area contributed by atoms with Gasteiger partial charge in [-0.2, -0.15) is 0 Å². The molecule has 0 aromatic rings. The van der Waals surface area contributed by atoms with Crippen LogP contribution in [0.2, 0.25) is 0 Å². The van der Waals surface area contributed by atoms with Crippen LogP contribution in [-0.2, 0) is 4.79 Å². The highest BCUT2D eigenvalue weighted by Gasteiger charge is 1.94. The Balaban J connectivity index is 3.82. The molecule has 0 amide bonds. The molecule has 0 aliphatic rings. The summed E-state index contributed by atoms with van der Waals surface area (Å²) in [5, 5.41) is 8.03. The van der Waals surface area contributed by atoms with E-state index >= 15 is 0 Å². The standard InChI is InChI=1S/C4H7NO2/c1-3(2-5)4(6)7/h2H,5H2,1H3,(H,6,7)/b3-2+. The van der Waals surface area contributed by atoms with E-state index in [9.17, 15) is 4.79 Å². The maximum atomic E-state index is 9.78. The van der Waals surface area contributed by atoms with Crippen LogP contribution in [-0.4, -0.2) is 11.1 Å². The van der Waals surface area contributed by atoms with Gasteiger partial charge in [0.25, 0.3) is 0 Å². The highest BCUT2D eigenvalue weighted by atomic mass is 16.4. The molecule has 0 aromatic carbocycles. The molecule has 0 aliphatic carbocycles. The van der Waals surface area contributed by atoms with Gasteiger partial charge in [-0.15, -0.1) is 0 Å². The van der Waals surface area contributed by atoms with Crippen molar-refractivity contribution in [3.05, 3.63) is 11.8 Å². The van der Waals surface area contributed by atoms with Gasteiger partial charge in [0.1, 0.15) is 0 Å². The number of carboxylic acids is 1. The van der Waals surface area contributed by atoms with E-state index in [1.54, 1.807) is 0 Å². The predicted octanol–water partition coefficient (Wildman–Crippen LogP) is -0.0665. The summed E-state index contributed by atoms with van der Waals surface area (Å²) in [5.74, 6) is -0.970. The summed E-state index contributed by atoms with van der Waals surface area (Å²) in [6.45, 7) is 1.43. The molecule has 0 spiro atoms. The summed E-state index contributed by atoms with van der Waals surface area (Å²) in [5.41, 5.74) is 5.00. The van der Waals surface area contributed by atoms with Crippen LogP contribution in [0.4, 0.5) is 0 Å². The Morgan fingerprint density at radius 2 is 2.29 bits per heavy atom. The van der Waals surface area contributed by atoms with Crippen molar-refractivity contribution in [2.75, 3.05) is 0 Å². The Labute approximate surface area is 41.4 Å². The fourth-order valence-electron chi connectivity index (χ4n) is 0.0713. The molecular weight excluding hydrogens is 94.0 g/mol. The molecule has 0 bridgehead atoms. The van der Waals surface area contributed by atoms with Crippen molar-refractivity contribution in [1.82, 2.24) is 0 Å². The number of rotatable bonds is 1. The molecule has 0 heterocycles. The van der Waals surface area contributed by atoms with Crippen molar-refractivity contribution in [2.24, 2.45) is 5.73 Å². The first kappa shape index (κ1) is 6.01. The Bertz CT molecular complexity index is 106. The lowest BCUT2D eigenvalue weighted by atomic mass is 10.3. The first-order valence-electron chi connectivity index (χ1n) is 1.80. The van der Waals surface area contributed by atoms with Gasteiger partial charge in [-0.25, -0.2) is 4.79 Å². The highest BCUT2D eigenvalue weighted by molar-refractivity contribution is 5.85. The van der Waals surface area contributed by atoms with Crippen LogP contribution in [0, 0.1) is 0 Å². The van der Waals surface area contributed by atoms with Crippen LogP contribution in [0.25, 0.3) is 0 Å². The van der Waals surface area contributed by atoms with Gasteiger partial charge in [0.15, 0.2) is 0 Å². The molecule has 40 valence electrons. The number of carboxylic acid groups (broad SMARTS) is 1. The van der Waals surface area contributed by atoms with Crippen LogP contribution in [0.5, 0.6) is 0 Å². The number of aliphatic carboxylic acids is 1. The molecular formula is C4H7NO2. The zero-order valence-electron chi connectivity index (χ0n) is 4.01. The Kier molecular flexibility index (Phi) is 1.91. The fraction of sp³-hybridized carbons (Fsp3) is 0.250. The van der Waals surface area contributed by atoms with Crippen LogP contribution >= 0.6 is 0 Å². The average molecular weight is 101 g/mol. The summed E-state index contributed by atoms with van der Waals surface area (Å²) in [7, 11) is 0. The maximum absolute atomic E-state index is 9.78. The molecule has 0 saturated carbocycles. The Morgan fingerprint density at radius 1 is 1.86 bits per heavy atom. The quantitative estimate of drug-likeness (QED) is 0.454. The minimum absolute atomic E-state index is 0.167. The number of carbonyl (C=O) groups is 1. The van der Waals surface area contributed by atoms with Gasteiger partial charge >= 0.3 is 5.97 Å². The summed E-state index contributed by atoms with van der Waals surface area (Å²) >= 11 is 0. The van der Waals surface area contributed by atoms with Crippen molar-refractivity contribution < 1.29 is 9.90 Å². The zero-order valence-corrected chi connectivity index (χ0v) is 4.01. The molecule has 0 atom stereocenters. The molecule has 0 saturated heterocycles. The van der Waals surface area contributed by atoms with E-state index < -0.39 is 5.97 Å². The lowest BCUT2D eigenvalue weighted by Gasteiger charge is -1.84. The third-order valence-electron chi connectivity index (χ3n) is 0.587. The SMILES string of the molecule is C/C(=C\N)C(=O)O. The van der Waals surface area contributed by atoms with Crippen molar-refractivity contribution in [3.63, 3.8) is 0 Å². The van der Waals surface area contributed by atoms with Gasteiger partial charge < -0.3 is 10.8 Å². The van der Waals surface area contributed by atoms with Gasteiger partial charge in [0.05, 0.1) is 0 Å². The molecule has 0 aromatic heterocycles. The monoisotopic (exact) mass is 101 g/mol. The predicted molar refractivity (Wildman–Crippen MR) is 25.6 cm³/mol.